The summed E-state index contributed by atoms with van der Waals surface area (Å²) in [7, 11) is 3.36. The molecule has 0 bridgehead atoms. The van der Waals surface area contributed by atoms with E-state index in [1.807, 2.05) is 0 Å². The molecule has 0 radical (unpaired) electrons. The average molecular weight is 311 g/mol. The monoisotopic (exact) mass is 311 g/mol. The number of amides is 2. The fraction of sp³-hybridized carbons (Fsp3) is 0.467. The minimum absolute atomic E-state index is 0.0193. The van der Waals surface area contributed by atoms with Gasteiger partial charge in [0.25, 0.3) is 5.92 Å². The van der Waals surface area contributed by atoms with Crippen molar-refractivity contribution in [1.82, 2.24) is 10.2 Å². The standard InChI is InChI=1S/C15H19F2N3O2/c1-20(2)13(21)7-10-3-5-11(6-4-10)19-14(22)12-8-15(16,17)9-18-12/h3-6,12,18H,7-9H2,1-2H3,(H,19,22). The third-order valence-electron chi connectivity index (χ3n) is 3.50. The van der Waals surface area contributed by atoms with Gasteiger partial charge in [-0.25, -0.2) is 8.78 Å². The van der Waals surface area contributed by atoms with Crippen LogP contribution in [0.4, 0.5) is 14.5 Å². The molecule has 1 aliphatic heterocycles. The highest BCUT2D eigenvalue weighted by molar-refractivity contribution is 5.95. The first-order valence-corrected chi connectivity index (χ1v) is 6.98. The zero-order valence-corrected chi connectivity index (χ0v) is 12.5. The van der Waals surface area contributed by atoms with E-state index in [1.54, 1.807) is 38.4 Å². The number of anilines is 1. The van der Waals surface area contributed by atoms with Gasteiger partial charge in [-0.3, -0.25) is 14.9 Å². The molecule has 1 aromatic rings. The lowest BCUT2D eigenvalue weighted by Crippen LogP contribution is -2.35. The molecule has 1 fully saturated rings. The number of halogens is 2. The summed E-state index contributed by atoms with van der Waals surface area (Å²) < 4.78 is 26.1. The molecule has 1 saturated heterocycles. The van der Waals surface area contributed by atoms with Crippen LogP contribution >= 0.6 is 0 Å². The Morgan fingerprint density at radius 2 is 1.95 bits per heavy atom. The van der Waals surface area contributed by atoms with Crippen molar-refractivity contribution in [3.05, 3.63) is 29.8 Å². The van der Waals surface area contributed by atoms with Gasteiger partial charge in [0.05, 0.1) is 19.0 Å². The molecule has 1 aliphatic rings. The predicted octanol–water partition coefficient (Wildman–Crippen LogP) is 1.25. The number of rotatable bonds is 4. The van der Waals surface area contributed by atoms with Gasteiger partial charge in [0, 0.05) is 26.2 Å². The van der Waals surface area contributed by atoms with E-state index >= 15 is 0 Å². The molecule has 120 valence electrons. The smallest absolute Gasteiger partial charge is 0.262 e. The van der Waals surface area contributed by atoms with Gasteiger partial charge in [0.2, 0.25) is 11.8 Å². The summed E-state index contributed by atoms with van der Waals surface area (Å²) in [4.78, 5) is 25.0. The highest BCUT2D eigenvalue weighted by Crippen LogP contribution is 2.25. The Bertz CT molecular complexity index is 558. The fourth-order valence-corrected chi connectivity index (χ4v) is 2.17. The molecule has 22 heavy (non-hydrogen) atoms. The van der Waals surface area contributed by atoms with E-state index in [-0.39, 0.29) is 12.3 Å². The van der Waals surface area contributed by atoms with Crippen LogP contribution in [0.15, 0.2) is 24.3 Å². The molecule has 2 amide bonds. The molecular weight excluding hydrogens is 292 g/mol. The van der Waals surface area contributed by atoms with Crippen molar-refractivity contribution in [2.24, 2.45) is 0 Å². The molecular formula is C15H19F2N3O2. The molecule has 1 aromatic carbocycles. The number of carbonyl (C=O) groups excluding carboxylic acids is 2. The minimum atomic E-state index is -2.83. The summed E-state index contributed by atoms with van der Waals surface area (Å²) in [5.41, 5.74) is 1.34. The van der Waals surface area contributed by atoms with Crippen molar-refractivity contribution >= 4 is 17.5 Å². The minimum Gasteiger partial charge on any atom is -0.349 e. The van der Waals surface area contributed by atoms with Crippen LogP contribution in [-0.2, 0) is 16.0 Å². The van der Waals surface area contributed by atoms with E-state index in [9.17, 15) is 18.4 Å². The van der Waals surface area contributed by atoms with Crippen LogP contribution in [0.2, 0.25) is 0 Å². The van der Waals surface area contributed by atoms with Crippen molar-refractivity contribution in [1.29, 1.82) is 0 Å². The van der Waals surface area contributed by atoms with Crippen LogP contribution in [0.5, 0.6) is 0 Å². The molecule has 7 heteroatoms. The van der Waals surface area contributed by atoms with E-state index in [1.165, 1.54) is 4.90 Å². The van der Waals surface area contributed by atoms with Gasteiger partial charge in [-0.1, -0.05) is 12.1 Å². The number of hydrogen-bond acceptors (Lipinski definition) is 3. The molecule has 0 aromatic heterocycles. The highest BCUT2D eigenvalue weighted by Gasteiger charge is 2.42. The van der Waals surface area contributed by atoms with Crippen LogP contribution in [0.1, 0.15) is 12.0 Å². The van der Waals surface area contributed by atoms with Crippen LogP contribution < -0.4 is 10.6 Å². The Morgan fingerprint density at radius 3 is 2.45 bits per heavy atom. The second kappa shape index (κ2) is 6.39. The summed E-state index contributed by atoms with van der Waals surface area (Å²) >= 11 is 0. The summed E-state index contributed by atoms with van der Waals surface area (Å²) in [6.07, 6.45) is -0.216. The summed E-state index contributed by atoms with van der Waals surface area (Å²) in [6, 6.07) is 5.89. The van der Waals surface area contributed by atoms with Crippen LogP contribution in [0.25, 0.3) is 0 Å². The van der Waals surface area contributed by atoms with E-state index in [2.05, 4.69) is 10.6 Å². The van der Waals surface area contributed by atoms with Crippen LogP contribution in [0, 0.1) is 0 Å². The second-order valence-electron chi connectivity index (χ2n) is 5.64. The first kappa shape index (κ1) is 16.4. The number of carbonyl (C=O) groups is 2. The van der Waals surface area contributed by atoms with Gasteiger partial charge in [-0.2, -0.15) is 0 Å². The topological polar surface area (TPSA) is 61.4 Å². The molecule has 0 aliphatic carbocycles. The van der Waals surface area contributed by atoms with Crippen molar-refractivity contribution in [2.75, 3.05) is 26.0 Å². The Kier molecular flexibility index (Phi) is 4.75. The van der Waals surface area contributed by atoms with Gasteiger partial charge in [-0.05, 0) is 17.7 Å². The van der Waals surface area contributed by atoms with Crippen LogP contribution in [-0.4, -0.2) is 49.3 Å². The zero-order valence-electron chi connectivity index (χ0n) is 12.5. The Balaban J connectivity index is 1.91. The lowest BCUT2D eigenvalue weighted by Gasteiger charge is -2.12. The van der Waals surface area contributed by atoms with Crippen molar-refractivity contribution in [3.63, 3.8) is 0 Å². The van der Waals surface area contributed by atoms with E-state index < -0.39 is 30.8 Å². The SMILES string of the molecule is CN(C)C(=O)Cc1ccc(NC(=O)C2CC(F)(F)CN2)cc1. The van der Waals surface area contributed by atoms with Crippen molar-refractivity contribution in [3.8, 4) is 0 Å². The number of alkyl halides is 2. The maximum atomic E-state index is 13.1. The van der Waals surface area contributed by atoms with Crippen LogP contribution in [0.3, 0.4) is 0 Å². The van der Waals surface area contributed by atoms with Crippen molar-refractivity contribution < 1.29 is 18.4 Å². The Labute approximate surface area is 127 Å². The molecule has 2 rings (SSSR count). The predicted molar refractivity (Wildman–Crippen MR) is 78.8 cm³/mol. The van der Waals surface area contributed by atoms with E-state index in [0.29, 0.717) is 5.69 Å². The van der Waals surface area contributed by atoms with Gasteiger partial charge < -0.3 is 10.2 Å². The number of benzene rings is 1. The number of likely N-dealkylation sites (N-methyl/N-ethyl adjacent to an activating group) is 1. The average Bonchev–Trinajstić information content (AvgIpc) is 2.81. The third kappa shape index (κ3) is 4.24. The van der Waals surface area contributed by atoms with Gasteiger partial charge >= 0.3 is 0 Å². The Morgan fingerprint density at radius 1 is 1.32 bits per heavy atom. The molecule has 0 saturated carbocycles. The first-order valence-electron chi connectivity index (χ1n) is 6.98. The number of nitrogens with zero attached hydrogens (tertiary/aromatic N) is 1. The van der Waals surface area contributed by atoms with Gasteiger partial charge in [0.1, 0.15) is 0 Å². The normalized spacial score (nSPS) is 19.7. The fourth-order valence-electron chi connectivity index (χ4n) is 2.17. The largest absolute Gasteiger partial charge is 0.349 e. The maximum absolute atomic E-state index is 13.1. The van der Waals surface area contributed by atoms with E-state index in [0.717, 1.165) is 5.56 Å². The second-order valence-corrected chi connectivity index (χ2v) is 5.64. The maximum Gasteiger partial charge on any atom is 0.262 e. The molecule has 1 heterocycles. The molecule has 5 nitrogen and oxygen atoms in total. The first-order chi connectivity index (χ1) is 10.3. The zero-order chi connectivity index (χ0) is 16.3. The lowest BCUT2D eigenvalue weighted by molar-refractivity contribution is -0.128. The summed E-state index contributed by atoms with van der Waals surface area (Å²) in [5.74, 6) is -3.33. The summed E-state index contributed by atoms with van der Waals surface area (Å²) in [5, 5.41) is 5.10. The van der Waals surface area contributed by atoms with Gasteiger partial charge in [-0.15, -0.1) is 0 Å². The highest BCUT2D eigenvalue weighted by atomic mass is 19.3. The lowest BCUT2D eigenvalue weighted by atomic mass is 10.1. The van der Waals surface area contributed by atoms with Crippen molar-refractivity contribution in [2.45, 2.75) is 24.8 Å². The molecule has 0 spiro atoms. The number of nitrogens with one attached hydrogen (secondary N) is 2. The Hall–Kier alpha value is -2.02. The third-order valence-corrected chi connectivity index (χ3v) is 3.50. The quantitative estimate of drug-likeness (QED) is 0.880. The molecule has 2 N–H and O–H groups in total. The van der Waals surface area contributed by atoms with Gasteiger partial charge in [0.15, 0.2) is 0 Å². The molecule has 1 atom stereocenters. The number of hydrogen-bond donors (Lipinski definition) is 2. The van der Waals surface area contributed by atoms with E-state index in [4.69, 9.17) is 0 Å². The summed E-state index contributed by atoms with van der Waals surface area (Å²) in [6.45, 7) is -0.476. The molecule has 1 unspecified atom stereocenters.